The van der Waals surface area contributed by atoms with Crippen LogP contribution in [0.1, 0.15) is 100.0 Å². The van der Waals surface area contributed by atoms with Gasteiger partial charge in [0.05, 0.1) is 4.90 Å². The summed E-state index contributed by atoms with van der Waals surface area (Å²) in [6.07, 6.45) is 1.02. The summed E-state index contributed by atoms with van der Waals surface area (Å²) in [7, 11) is -4.19. The fourth-order valence-electron chi connectivity index (χ4n) is 6.72. The molecule has 2 aliphatic rings. The van der Waals surface area contributed by atoms with Gasteiger partial charge in [0, 0.05) is 50.7 Å². The van der Waals surface area contributed by atoms with Gasteiger partial charge in [-0.2, -0.15) is 4.72 Å². The molecule has 0 saturated carbocycles. The summed E-state index contributed by atoms with van der Waals surface area (Å²) in [6, 6.07) is 9.79. The van der Waals surface area contributed by atoms with Crippen molar-refractivity contribution < 1.29 is 18.0 Å². The minimum atomic E-state index is -4.19. The van der Waals surface area contributed by atoms with Gasteiger partial charge in [0.25, 0.3) is 0 Å². The third kappa shape index (κ3) is 8.99. The van der Waals surface area contributed by atoms with E-state index in [-0.39, 0.29) is 58.6 Å². The molecule has 0 spiro atoms. The first kappa shape index (κ1) is 37.8. The van der Waals surface area contributed by atoms with Gasteiger partial charge in [0.15, 0.2) is 5.96 Å². The molecule has 2 aromatic rings. The summed E-state index contributed by atoms with van der Waals surface area (Å²) in [5, 5.41) is 15.5. The van der Waals surface area contributed by atoms with Crippen LogP contribution < -0.4 is 16.2 Å². The van der Waals surface area contributed by atoms with Crippen molar-refractivity contribution in [3.05, 3.63) is 64.2 Å². The Kier molecular flexibility index (Phi) is 12.1. The third-order valence-corrected chi connectivity index (χ3v) is 11.3. The molecule has 2 aliphatic heterocycles. The smallest absolute Gasteiger partial charge is 0.241 e. The number of amidine groups is 1. The highest BCUT2D eigenvalue weighted by Crippen LogP contribution is 2.35. The predicted octanol–water partition coefficient (Wildman–Crippen LogP) is 3.51. The summed E-state index contributed by atoms with van der Waals surface area (Å²) in [5.41, 5.74) is 15.0. The van der Waals surface area contributed by atoms with Crippen molar-refractivity contribution in [3.63, 3.8) is 0 Å². The lowest BCUT2D eigenvalue weighted by Crippen LogP contribution is -2.55. The highest BCUT2D eigenvalue weighted by atomic mass is 32.2. The Morgan fingerprint density at radius 1 is 0.816 bits per heavy atom. The van der Waals surface area contributed by atoms with Crippen LogP contribution in [-0.4, -0.2) is 92.0 Å². The number of guanidine groups is 1. The molecule has 2 saturated heterocycles. The molecule has 2 aromatic carbocycles. The van der Waals surface area contributed by atoms with Crippen LogP contribution in [0.15, 0.2) is 41.3 Å². The Morgan fingerprint density at radius 3 is 1.86 bits per heavy atom. The number of piperazine rings is 1. The van der Waals surface area contributed by atoms with Gasteiger partial charge in [0.1, 0.15) is 11.9 Å². The first-order valence-corrected chi connectivity index (χ1v) is 18.8. The normalized spacial score (nSPS) is 16.8. The molecule has 4 rings (SSSR count). The van der Waals surface area contributed by atoms with E-state index in [1.807, 2.05) is 44.7 Å². The van der Waals surface area contributed by atoms with Gasteiger partial charge in [-0.3, -0.25) is 20.4 Å². The fraction of sp³-hybridized carbons (Fsp3) is 0.556. The molecule has 1 atom stereocenters. The van der Waals surface area contributed by atoms with E-state index in [4.69, 9.17) is 22.3 Å². The van der Waals surface area contributed by atoms with Crippen LogP contribution in [0.5, 0.6) is 0 Å². The lowest BCUT2D eigenvalue weighted by Gasteiger charge is -2.39. The summed E-state index contributed by atoms with van der Waals surface area (Å²) >= 11 is 0. The summed E-state index contributed by atoms with van der Waals surface area (Å²) < 4.78 is 31.8. The van der Waals surface area contributed by atoms with Gasteiger partial charge >= 0.3 is 0 Å². The minimum Gasteiger partial charge on any atom is -0.384 e. The van der Waals surface area contributed by atoms with E-state index in [1.165, 1.54) is 0 Å². The van der Waals surface area contributed by atoms with Crippen LogP contribution in [0.3, 0.4) is 0 Å². The standard InChI is InChI=1S/C36H54N8O4S/c1-22(2)28-20-29(23(3)4)32(30(21-28)24(5)6)49(47,48)41-31(19-25-8-7-9-27(18-25)33(37)38)35(46)42-12-10-26(11-13-42)34(45)43-14-16-44(17-15-43)36(39)40/h7-9,18,20-24,26,31,41H,10-17,19H2,1-6H3,(H3,37,38)(H3,39,40)/t31-/m0/s1. The van der Waals surface area contributed by atoms with Crippen LogP contribution >= 0.6 is 0 Å². The van der Waals surface area contributed by atoms with E-state index in [1.54, 1.807) is 34.1 Å². The molecule has 0 radical (unpaired) electrons. The molecule has 13 heteroatoms. The zero-order valence-corrected chi connectivity index (χ0v) is 30.6. The maximum Gasteiger partial charge on any atom is 0.241 e. The average molecular weight is 695 g/mol. The number of nitrogens with one attached hydrogen (secondary N) is 3. The van der Waals surface area contributed by atoms with Gasteiger partial charge < -0.3 is 26.2 Å². The Morgan fingerprint density at radius 2 is 1.37 bits per heavy atom. The number of hydrogen-bond donors (Lipinski definition) is 5. The number of carbonyl (C=O) groups is 2. The van der Waals surface area contributed by atoms with Crippen LogP contribution in [0.4, 0.5) is 0 Å². The van der Waals surface area contributed by atoms with Gasteiger partial charge in [-0.05, 0) is 65.3 Å². The molecular weight excluding hydrogens is 641 g/mol. The quantitative estimate of drug-likeness (QED) is 0.176. The van der Waals surface area contributed by atoms with Gasteiger partial charge in [-0.25, -0.2) is 8.42 Å². The van der Waals surface area contributed by atoms with E-state index >= 15 is 0 Å². The minimum absolute atomic E-state index is 0.00514. The van der Waals surface area contributed by atoms with Crippen molar-refractivity contribution in [3.8, 4) is 0 Å². The lowest BCUT2D eigenvalue weighted by molar-refractivity contribution is -0.142. The van der Waals surface area contributed by atoms with Crippen molar-refractivity contribution in [1.82, 2.24) is 19.4 Å². The molecule has 2 heterocycles. The maximum absolute atomic E-state index is 14.5. The highest BCUT2D eigenvalue weighted by molar-refractivity contribution is 7.89. The summed E-state index contributed by atoms with van der Waals surface area (Å²) in [5.74, 6) is -0.606. The van der Waals surface area contributed by atoms with Gasteiger partial charge in [0.2, 0.25) is 21.8 Å². The average Bonchev–Trinajstić information content (AvgIpc) is 3.06. The van der Waals surface area contributed by atoms with Gasteiger partial charge in [-0.15, -0.1) is 0 Å². The van der Waals surface area contributed by atoms with Crippen molar-refractivity contribution in [1.29, 1.82) is 10.8 Å². The SMILES string of the molecule is CC(C)c1cc(C(C)C)c(S(=O)(=O)N[C@@H](Cc2cccc(C(=N)N)c2)C(=O)N2CCC(C(=O)N3CCN(C(=N)N)CC3)CC2)c(C(C)C)c1. The monoisotopic (exact) mass is 694 g/mol. The van der Waals surface area contributed by atoms with Crippen LogP contribution in [0.25, 0.3) is 0 Å². The lowest BCUT2D eigenvalue weighted by atomic mass is 9.89. The highest BCUT2D eigenvalue weighted by Gasteiger charge is 2.37. The number of amides is 2. The van der Waals surface area contributed by atoms with Crippen LogP contribution in [0, 0.1) is 16.7 Å². The number of hydrogen-bond acceptors (Lipinski definition) is 6. The summed E-state index contributed by atoms with van der Waals surface area (Å²) in [6.45, 7) is 14.8. The van der Waals surface area contributed by atoms with Crippen molar-refractivity contribution >= 4 is 33.6 Å². The number of nitrogen functional groups attached to an aromatic ring is 1. The Labute approximate surface area is 291 Å². The second-order valence-electron chi connectivity index (χ2n) is 14.3. The topological polar surface area (TPSA) is 190 Å². The number of carbonyl (C=O) groups excluding carboxylic acids is 2. The fourth-order valence-corrected chi connectivity index (χ4v) is 8.61. The molecular formula is C36H54N8O4S. The Bertz CT molecular complexity index is 1630. The number of sulfonamides is 1. The summed E-state index contributed by atoms with van der Waals surface area (Å²) in [4.78, 5) is 33.1. The third-order valence-electron chi connectivity index (χ3n) is 9.71. The van der Waals surface area contributed by atoms with E-state index < -0.39 is 16.1 Å². The molecule has 0 aliphatic carbocycles. The predicted molar refractivity (Wildman–Crippen MR) is 193 cm³/mol. The molecule has 2 fully saturated rings. The second kappa shape index (κ2) is 15.7. The molecule has 49 heavy (non-hydrogen) atoms. The molecule has 0 aromatic heterocycles. The first-order valence-electron chi connectivity index (χ1n) is 17.3. The number of benzene rings is 2. The van der Waals surface area contributed by atoms with E-state index in [0.717, 1.165) is 16.7 Å². The zero-order chi connectivity index (χ0) is 36.2. The van der Waals surface area contributed by atoms with Gasteiger partial charge in [-0.1, -0.05) is 71.9 Å². The Hall–Kier alpha value is -3.97. The largest absolute Gasteiger partial charge is 0.384 e. The van der Waals surface area contributed by atoms with Crippen LogP contribution in [0.2, 0.25) is 0 Å². The molecule has 0 unspecified atom stereocenters. The Balaban J connectivity index is 1.61. The number of rotatable bonds is 11. The molecule has 7 N–H and O–H groups in total. The van der Waals surface area contributed by atoms with E-state index in [9.17, 15) is 18.0 Å². The first-order chi connectivity index (χ1) is 23.0. The van der Waals surface area contributed by atoms with Crippen molar-refractivity contribution in [2.45, 2.75) is 89.5 Å². The number of nitrogens with zero attached hydrogens (tertiary/aromatic N) is 3. The molecule has 12 nitrogen and oxygen atoms in total. The number of piperidine rings is 1. The number of likely N-dealkylation sites (tertiary alicyclic amines) is 1. The number of nitrogens with two attached hydrogens (primary N) is 2. The van der Waals surface area contributed by atoms with E-state index in [0.29, 0.717) is 63.2 Å². The molecule has 2 amide bonds. The van der Waals surface area contributed by atoms with Crippen LogP contribution in [-0.2, 0) is 26.0 Å². The van der Waals surface area contributed by atoms with E-state index in [2.05, 4.69) is 18.6 Å². The molecule has 268 valence electrons. The molecule has 0 bridgehead atoms. The van der Waals surface area contributed by atoms with Crippen molar-refractivity contribution in [2.75, 3.05) is 39.3 Å². The van der Waals surface area contributed by atoms with Crippen molar-refractivity contribution in [2.24, 2.45) is 17.4 Å². The second-order valence-corrected chi connectivity index (χ2v) is 15.9. The maximum atomic E-state index is 14.5. The zero-order valence-electron chi connectivity index (χ0n) is 29.8.